The van der Waals surface area contributed by atoms with Crippen molar-refractivity contribution >= 4 is 17.4 Å². The molecule has 5 heteroatoms. The first-order chi connectivity index (χ1) is 11.1. The molecule has 0 saturated carbocycles. The van der Waals surface area contributed by atoms with E-state index >= 15 is 0 Å². The van der Waals surface area contributed by atoms with E-state index in [2.05, 4.69) is 10.3 Å². The van der Waals surface area contributed by atoms with Crippen LogP contribution >= 0.6 is 0 Å². The van der Waals surface area contributed by atoms with Crippen molar-refractivity contribution in [3.8, 4) is 11.3 Å². The van der Waals surface area contributed by atoms with Crippen LogP contribution in [0.15, 0.2) is 65.2 Å². The fourth-order valence-electron chi connectivity index (χ4n) is 2.12. The van der Waals surface area contributed by atoms with E-state index in [0.717, 1.165) is 5.56 Å². The molecular formula is C18H14N2O3. The Morgan fingerprint density at radius 1 is 1.04 bits per heavy atom. The summed E-state index contributed by atoms with van der Waals surface area (Å²) >= 11 is 0. The van der Waals surface area contributed by atoms with Gasteiger partial charge in [-0.15, -0.1) is 0 Å². The molecule has 0 bridgehead atoms. The number of hydrogen-bond acceptors (Lipinski definition) is 4. The van der Waals surface area contributed by atoms with Crippen LogP contribution in [0.4, 0.5) is 5.69 Å². The van der Waals surface area contributed by atoms with Crippen molar-refractivity contribution in [2.75, 3.05) is 5.32 Å². The van der Waals surface area contributed by atoms with E-state index in [9.17, 15) is 9.59 Å². The monoisotopic (exact) mass is 306 g/mol. The van der Waals surface area contributed by atoms with Crippen molar-refractivity contribution in [1.82, 2.24) is 4.98 Å². The first-order valence-corrected chi connectivity index (χ1v) is 7.07. The predicted molar refractivity (Wildman–Crippen MR) is 86.3 cm³/mol. The van der Waals surface area contributed by atoms with Crippen molar-refractivity contribution in [2.45, 2.75) is 6.92 Å². The highest BCUT2D eigenvalue weighted by Gasteiger charge is 2.14. The number of hydrogen-bond donors (Lipinski definition) is 1. The summed E-state index contributed by atoms with van der Waals surface area (Å²) in [6.45, 7) is 1.47. The number of benzene rings is 2. The Balaban J connectivity index is 1.78. The Hall–Kier alpha value is -3.21. The van der Waals surface area contributed by atoms with Crippen molar-refractivity contribution < 1.29 is 14.0 Å². The summed E-state index contributed by atoms with van der Waals surface area (Å²) in [5.74, 6) is -0.0400. The second-order valence-electron chi connectivity index (χ2n) is 4.99. The van der Waals surface area contributed by atoms with Gasteiger partial charge in [0.1, 0.15) is 0 Å². The van der Waals surface area contributed by atoms with Gasteiger partial charge >= 0.3 is 5.91 Å². The lowest BCUT2D eigenvalue weighted by Crippen LogP contribution is -2.12. The topological polar surface area (TPSA) is 72.2 Å². The van der Waals surface area contributed by atoms with E-state index in [0.29, 0.717) is 17.0 Å². The largest absolute Gasteiger partial charge is 0.432 e. The highest BCUT2D eigenvalue weighted by Crippen LogP contribution is 2.20. The molecule has 3 rings (SSSR count). The van der Waals surface area contributed by atoms with E-state index < -0.39 is 5.91 Å². The molecule has 5 nitrogen and oxygen atoms in total. The number of rotatable bonds is 4. The number of nitrogens with one attached hydrogen (secondary N) is 1. The summed E-state index contributed by atoms with van der Waals surface area (Å²) in [7, 11) is 0. The molecule has 23 heavy (non-hydrogen) atoms. The Kier molecular flexibility index (Phi) is 4.01. The lowest BCUT2D eigenvalue weighted by Gasteiger charge is -2.04. The molecule has 2 aromatic carbocycles. The van der Waals surface area contributed by atoms with Gasteiger partial charge in [0, 0.05) is 16.8 Å². The second-order valence-corrected chi connectivity index (χ2v) is 4.99. The second kappa shape index (κ2) is 6.27. The van der Waals surface area contributed by atoms with Gasteiger partial charge in [0.05, 0.1) is 6.20 Å². The fraction of sp³-hybridized carbons (Fsp3) is 0.0556. The fourth-order valence-corrected chi connectivity index (χ4v) is 2.12. The van der Waals surface area contributed by atoms with Crippen LogP contribution in [0.3, 0.4) is 0 Å². The van der Waals surface area contributed by atoms with Crippen LogP contribution in [0.1, 0.15) is 28.0 Å². The molecule has 0 spiro atoms. The van der Waals surface area contributed by atoms with Crippen LogP contribution in [0.25, 0.3) is 11.3 Å². The summed E-state index contributed by atoms with van der Waals surface area (Å²) in [4.78, 5) is 27.6. The molecule has 1 amide bonds. The maximum Gasteiger partial charge on any atom is 0.311 e. The number of ketones is 1. The molecule has 1 heterocycles. The van der Waals surface area contributed by atoms with Crippen LogP contribution in [0, 0.1) is 0 Å². The molecule has 1 aromatic heterocycles. The summed E-state index contributed by atoms with van der Waals surface area (Å²) in [5.41, 5.74) is 1.89. The highest BCUT2D eigenvalue weighted by molar-refractivity contribution is 6.02. The first kappa shape index (κ1) is 14.7. The molecule has 0 atom stereocenters. The van der Waals surface area contributed by atoms with Crippen molar-refractivity contribution in [3.05, 3.63) is 72.2 Å². The van der Waals surface area contributed by atoms with Gasteiger partial charge in [-0.2, -0.15) is 0 Å². The normalized spacial score (nSPS) is 10.3. The summed E-state index contributed by atoms with van der Waals surface area (Å²) in [5, 5.41) is 2.67. The Bertz CT molecular complexity index is 853. The quantitative estimate of drug-likeness (QED) is 0.744. The number of aromatic nitrogens is 1. The number of anilines is 1. The third kappa shape index (κ3) is 3.35. The number of oxazole rings is 1. The minimum absolute atomic E-state index is 0.0305. The van der Waals surface area contributed by atoms with Crippen LogP contribution in [-0.4, -0.2) is 16.7 Å². The molecule has 0 aliphatic rings. The minimum Gasteiger partial charge on any atom is -0.432 e. The smallest absolute Gasteiger partial charge is 0.311 e. The van der Waals surface area contributed by atoms with Gasteiger partial charge in [-0.25, -0.2) is 4.98 Å². The first-order valence-electron chi connectivity index (χ1n) is 7.07. The van der Waals surface area contributed by atoms with Gasteiger partial charge in [0.25, 0.3) is 5.89 Å². The van der Waals surface area contributed by atoms with E-state index in [1.54, 1.807) is 24.3 Å². The Morgan fingerprint density at radius 3 is 2.57 bits per heavy atom. The van der Waals surface area contributed by atoms with E-state index in [4.69, 9.17) is 4.42 Å². The average molecular weight is 306 g/mol. The number of amides is 1. The summed E-state index contributed by atoms with van der Waals surface area (Å²) in [6, 6.07) is 16.1. The third-order valence-electron chi connectivity index (χ3n) is 3.29. The number of carbonyl (C=O) groups excluding carboxylic acids is 2. The lowest BCUT2D eigenvalue weighted by atomic mass is 10.1. The zero-order chi connectivity index (χ0) is 16.2. The van der Waals surface area contributed by atoms with Crippen LogP contribution in [0.5, 0.6) is 0 Å². The Labute approximate surface area is 133 Å². The van der Waals surface area contributed by atoms with E-state index in [1.165, 1.54) is 13.1 Å². The molecule has 0 radical (unpaired) electrons. The third-order valence-corrected chi connectivity index (χ3v) is 3.29. The van der Waals surface area contributed by atoms with Crippen molar-refractivity contribution in [1.29, 1.82) is 0 Å². The summed E-state index contributed by atoms with van der Waals surface area (Å²) in [6.07, 6.45) is 1.51. The average Bonchev–Trinajstić information content (AvgIpc) is 3.06. The minimum atomic E-state index is -0.465. The van der Waals surface area contributed by atoms with Gasteiger partial charge in [-0.3, -0.25) is 9.59 Å². The highest BCUT2D eigenvalue weighted by atomic mass is 16.4. The van der Waals surface area contributed by atoms with Gasteiger partial charge in [-0.1, -0.05) is 42.5 Å². The molecule has 3 aromatic rings. The number of Topliss-reactive ketones (excluding diaryl/α,β-unsaturated/α-hetero) is 1. The molecule has 0 fully saturated rings. The SMILES string of the molecule is CC(=O)c1cccc(NC(=O)c2ncc(-c3ccccc3)o2)c1. The lowest BCUT2D eigenvalue weighted by molar-refractivity contribution is 0.0987. The zero-order valence-corrected chi connectivity index (χ0v) is 12.4. The molecular weight excluding hydrogens is 292 g/mol. The van der Waals surface area contributed by atoms with Gasteiger partial charge in [0.2, 0.25) is 0 Å². The van der Waals surface area contributed by atoms with Crippen LogP contribution in [0.2, 0.25) is 0 Å². The van der Waals surface area contributed by atoms with Gasteiger partial charge < -0.3 is 9.73 Å². The maximum absolute atomic E-state index is 12.2. The van der Waals surface area contributed by atoms with E-state index in [-0.39, 0.29) is 11.7 Å². The van der Waals surface area contributed by atoms with Crippen molar-refractivity contribution in [2.24, 2.45) is 0 Å². The molecule has 0 aliphatic heterocycles. The van der Waals surface area contributed by atoms with Crippen LogP contribution < -0.4 is 5.32 Å². The van der Waals surface area contributed by atoms with Crippen molar-refractivity contribution in [3.63, 3.8) is 0 Å². The Morgan fingerprint density at radius 2 is 1.83 bits per heavy atom. The molecule has 0 saturated heterocycles. The summed E-state index contributed by atoms with van der Waals surface area (Å²) < 4.78 is 5.49. The molecule has 114 valence electrons. The molecule has 0 aliphatic carbocycles. The molecule has 1 N–H and O–H groups in total. The van der Waals surface area contributed by atoms with Gasteiger partial charge in [-0.05, 0) is 19.1 Å². The van der Waals surface area contributed by atoms with E-state index in [1.807, 2.05) is 30.3 Å². The van der Waals surface area contributed by atoms with Gasteiger partial charge in [0.15, 0.2) is 11.5 Å². The number of carbonyl (C=O) groups is 2. The standard InChI is InChI=1S/C18H14N2O3/c1-12(21)14-8-5-9-15(10-14)20-17(22)18-19-11-16(23-18)13-6-3-2-4-7-13/h2-11H,1H3,(H,20,22). The molecule has 0 unspecified atom stereocenters. The predicted octanol–water partition coefficient (Wildman–Crippen LogP) is 3.80. The zero-order valence-electron chi connectivity index (χ0n) is 12.4. The number of nitrogens with zero attached hydrogens (tertiary/aromatic N) is 1. The van der Waals surface area contributed by atoms with Crippen LogP contribution in [-0.2, 0) is 0 Å². The maximum atomic E-state index is 12.2.